The molecule has 0 radical (unpaired) electrons. The maximum Gasteiger partial charge on any atom is 0.261 e. The first-order valence-corrected chi connectivity index (χ1v) is 11.9. The van der Waals surface area contributed by atoms with Crippen LogP contribution < -0.4 is 10.1 Å². The third-order valence-electron chi connectivity index (χ3n) is 6.82. The van der Waals surface area contributed by atoms with E-state index in [0.29, 0.717) is 6.54 Å². The monoisotopic (exact) mass is 435 g/mol. The van der Waals surface area contributed by atoms with Crippen molar-refractivity contribution in [2.24, 2.45) is 0 Å². The van der Waals surface area contributed by atoms with Crippen LogP contribution in [0.4, 0.5) is 5.69 Å². The summed E-state index contributed by atoms with van der Waals surface area (Å²) in [7, 11) is 0. The third kappa shape index (κ3) is 4.76. The molecule has 32 heavy (non-hydrogen) atoms. The minimum absolute atomic E-state index is 0.0343. The molecule has 6 nitrogen and oxygen atoms in total. The summed E-state index contributed by atoms with van der Waals surface area (Å²) >= 11 is 0. The summed E-state index contributed by atoms with van der Waals surface area (Å²) in [6.07, 6.45) is 4.78. The van der Waals surface area contributed by atoms with Gasteiger partial charge in [-0.2, -0.15) is 0 Å². The number of anilines is 1. The fraction of sp³-hybridized carbons (Fsp3) is 0.500. The van der Waals surface area contributed by atoms with Crippen LogP contribution in [0.25, 0.3) is 0 Å². The highest BCUT2D eigenvalue weighted by Crippen LogP contribution is 2.36. The molecule has 1 saturated heterocycles. The number of carbonyl (C=O) groups excluding carboxylic acids is 1. The van der Waals surface area contributed by atoms with Crippen LogP contribution in [0.2, 0.25) is 0 Å². The zero-order chi connectivity index (χ0) is 21.9. The van der Waals surface area contributed by atoms with E-state index in [4.69, 9.17) is 4.74 Å². The maximum atomic E-state index is 13.5. The number of likely N-dealkylation sites (tertiary alicyclic amines) is 1. The topological polar surface area (TPSA) is 65.0 Å². The largest absolute Gasteiger partial charge is 0.482 e. The van der Waals surface area contributed by atoms with Crippen molar-refractivity contribution in [3.05, 3.63) is 59.7 Å². The summed E-state index contributed by atoms with van der Waals surface area (Å²) < 4.78 is 6.09. The molecule has 1 saturated carbocycles. The van der Waals surface area contributed by atoms with Gasteiger partial charge in [-0.3, -0.25) is 9.69 Å². The van der Waals surface area contributed by atoms with Gasteiger partial charge >= 0.3 is 0 Å². The van der Waals surface area contributed by atoms with Gasteiger partial charge in [0.15, 0.2) is 6.61 Å². The zero-order valence-corrected chi connectivity index (χ0v) is 18.6. The Labute approximate surface area is 190 Å². The van der Waals surface area contributed by atoms with Crippen molar-refractivity contribution in [3.63, 3.8) is 0 Å². The van der Waals surface area contributed by atoms with E-state index in [-0.39, 0.29) is 30.7 Å². The highest BCUT2D eigenvalue weighted by molar-refractivity contribution is 5.79. The van der Waals surface area contributed by atoms with Gasteiger partial charge < -0.3 is 20.1 Å². The normalized spacial score (nSPS) is 21.5. The molecule has 3 aliphatic rings. The highest BCUT2D eigenvalue weighted by atomic mass is 16.5. The van der Waals surface area contributed by atoms with Gasteiger partial charge in [0.25, 0.3) is 5.91 Å². The molecule has 0 bridgehead atoms. The van der Waals surface area contributed by atoms with Crippen LogP contribution in [0, 0.1) is 0 Å². The number of β-amino-alcohol motifs (C(OH)–C–C–N with tert-alkyl or cyclic N) is 1. The van der Waals surface area contributed by atoms with E-state index in [2.05, 4.69) is 33.3 Å². The van der Waals surface area contributed by atoms with Gasteiger partial charge in [0.1, 0.15) is 5.75 Å². The van der Waals surface area contributed by atoms with Crippen LogP contribution in [0.5, 0.6) is 5.75 Å². The quantitative estimate of drug-likeness (QED) is 0.667. The lowest BCUT2D eigenvalue weighted by Gasteiger charge is -2.35. The first-order valence-electron chi connectivity index (χ1n) is 11.9. The summed E-state index contributed by atoms with van der Waals surface area (Å²) in [5.41, 5.74) is 3.44. The number of carbonyl (C=O) groups is 1. The number of benzene rings is 2. The number of rotatable bonds is 8. The molecule has 5 rings (SSSR count). The van der Waals surface area contributed by atoms with Crippen molar-refractivity contribution in [1.82, 2.24) is 9.80 Å². The highest BCUT2D eigenvalue weighted by Gasteiger charge is 2.39. The van der Waals surface area contributed by atoms with Gasteiger partial charge in [0, 0.05) is 32.2 Å². The average molecular weight is 436 g/mol. The van der Waals surface area contributed by atoms with Gasteiger partial charge in [0.05, 0.1) is 17.8 Å². The molecule has 6 heteroatoms. The Hall–Kier alpha value is -2.57. The molecule has 2 unspecified atom stereocenters. The van der Waals surface area contributed by atoms with Crippen LogP contribution in [0.1, 0.15) is 42.9 Å². The summed E-state index contributed by atoms with van der Waals surface area (Å²) in [5, 5.41) is 13.5. The summed E-state index contributed by atoms with van der Waals surface area (Å²) in [5.74, 6) is 0.805. The third-order valence-corrected chi connectivity index (χ3v) is 6.82. The van der Waals surface area contributed by atoms with E-state index in [1.54, 1.807) is 0 Å². The van der Waals surface area contributed by atoms with Gasteiger partial charge in [0.2, 0.25) is 0 Å². The summed E-state index contributed by atoms with van der Waals surface area (Å²) in [4.78, 5) is 17.9. The van der Waals surface area contributed by atoms with Gasteiger partial charge in [-0.05, 0) is 49.3 Å². The van der Waals surface area contributed by atoms with Crippen LogP contribution in [0.15, 0.2) is 48.5 Å². The second-order valence-corrected chi connectivity index (χ2v) is 9.27. The Balaban J connectivity index is 1.34. The van der Waals surface area contributed by atoms with Crippen LogP contribution >= 0.6 is 0 Å². The van der Waals surface area contributed by atoms with E-state index in [1.807, 2.05) is 30.3 Å². The van der Waals surface area contributed by atoms with E-state index in [1.165, 1.54) is 5.56 Å². The smallest absolute Gasteiger partial charge is 0.261 e. The molecule has 170 valence electrons. The van der Waals surface area contributed by atoms with Crippen molar-refractivity contribution in [2.45, 2.75) is 50.3 Å². The molecule has 1 aliphatic carbocycles. The molecule has 2 aromatic carbocycles. The lowest BCUT2D eigenvalue weighted by Crippen LogP contribution is -2.44. The number of fused-ring (bicyclic) bond motifs is 1. The van der Waals surface area contributed by atoms with E-state index >= 15 is 0 Å². The first kappa shape index (κ1) is 21.3. The van der Waals surface area contributed by atoms with Crippen molar-refractivity contribution >= 4 is 11.6 Å². The molecular formula is C26H33N3O3. The molecule has 0 aromatic heterocycles. The number of aryl methyl sites for hydroxylation is 1. The number of ether oxygens (including phenoxy) is 1. The van der Waals surface area contributed by atoms with Crippen molar-refractivity contribution in [3.8, 4) is 5.75 Å². The number of aliphatic hydroxyl groups is 1. The summed E-state index contributed by atoms with van der Waals surface area (Å²) in [6, 6.07) is 16.6. The van der Waals surface area contributed by atoms with E-state index < -0.39 is 0 Å². The molecular weight excluding hydrogens is 402 g/mol. The molecule has 1 amide bonds. The Morgan fingerprint density at radius 1 is 1.16 bits per heavy atom. The molecule has 2 atom stereocenters. The number of nitrogens with zero attached hydrogens (tertiary/aromatic N) is 2. The van der Waals surface area contributed by atoms with E-state index in [0.717, 1.165) is 68.7 Å². The minimum Gasteiger partial charge on any atom is -0.482 e. The number of nitrogens with one attached hydrogen (secondary N) is 1. The van der Waals surface area contributed by atoms with Crippen molar-refractivity contribution in [1.29, 1.82) is 0 Å². The fourth-order valence-electron chi connectivity index (χ4n) is 5.05. The minimum atomic E-state index is -0.267. The molecule has 2 aliphatic heterocycles. The SMILES string of the molecule is O=C(COc1cccc2c1NCCC2)N(C1CC1)C(CN1CCC(O)C1)c1ccccc1. The average Bonchev–Trinajstić information content (AvgIpc) is 3.58. The lowest BCUT2D eigenvalue weighted by molar-refractivity contribution is -0.137. The number of amides is 1. The first-order chi connectivity index (χ1) is 15.7. The molecule has 2 heterocycles. The number of hydrogen-bond acceptors (Lipinski definition) is 5. The van der Waals surface area contributed by atoms with Gasteiger partial charge in [-0.1, -0.05) is 42.5 Å². The van der Waals surface area contributed by atoms with Gasteiger partial charge in [-0.25, -0.2) is 0 Å². The number of aliphatic hydroxyl groups excluding tert-OH is 1. The number of hydrogen-bond donors (Lipinski definition) is 2. The van der Waals surface area contributed by atoms with Crippen LogP contribution in [-0.4, -0.2) is 65.7 Å². The number of para-hydroxylation sites is 1. The maximum absolute atomic E-state index is 13.5. The predicted molar refractivity (Wildman–Crippen MR) is 125 cm³/mol. The molecule has 2 N–H and O–H groups in total. The lowest BCUT2D eigenvalue weighted by atomic mass is 10.0. The summed E-state index contributed by atoms with van der Waals surface area (Å²) in [6.45, 7) is 3.27. The Morgan fingerprint density at radius 2 is 2.00 bits per heavy atom. The molecule has 2 fully saturated rings. The second kappa shape index (κ2) is 9.51. The standard InChI is InChI=1S/C26H33N3O3/c30-22-13-15-28(16-22)17-23(19-6-2-1-3-7-19)29(21-11-12-21)25(31)18-32-24-10-4-8-20-9-5-14-27-26(20)24/h1-4,6-8,10,21-23,27,30H,5,9,11-18H2. The molecule has 0 spiro atoms. The second-order valence-electron chi connectivity index (χ2n) is 9.27. The van der Waals surface area contributed by atoms with Crippen LogP contribution in [0.3, 0.4) is 0 Å². The predicted octanol–water partition coefficient (Wildman–Crippen LogP) is 3.22. The van der Waals surface area contributed by atoms with Gasteiger partial charge in [-0.15, -0.1) is 0 Å². The van der Waals surface area contributed by atoms with Crippen LogP contribution in [-0.2, 0) is 11.2 Å². The van der Waals surface area contributed by atoms with E-state index in [9.17, 15) is 9.90 Å². The fourth-order valence-corrected chi connectivity index (χ4v) is 5.05. The molecule has 2 aromatic rings. The zero-order valence-electron chi connectivity index (χ0n) is 18.6. The Bertz CT molecular complexity index is 931. The Kier molecular flexibility index (Phi) is 6.32. The Morgan fingerprint density at radius 3 is 2.75 bits per heavy atom. The van der Waals surface area contributed by atoms with Crippen molar-refractivity contribution < 1.29 is 14.6 Å². The van der Waals surface area contributed by atoms with Crippen molar-refractivity contribution in [2.75, 3.05) is 38.1 Å².